The average molecular weight is 374 g/mol. The molecule has 0 bridgehead atoms. The lowest BCUT2D eigenvalue weighted by atomic mass is 9.92. The number of hydrogen-bond acceptors (Lipinski definition) is 5. The number of nitrogens with zero attached hydrogens (tertiary/aromatic N) is 5. The Morgan fingerprint density at radius 2 is 1.81 bits per heavy atom. The summed E-state index contributed by atoms with van der Waals surface area (Å²) in [6.07, 6.45) is 6.46. The predicted octanol–water partition coefficient (Wildman–Crippen LogP) is 1.88. The minimum Gasteiger partial charge on any atom is -0.345 e. The number of carbonyl (C=O) groups excluding carboxylic acids is 2. The van der Waals surface area contributed by atoms with Crippen LogP contribution in [0.5, 0.6) is 0 Å². The zero-order valence-electron chi connectivity index (χ0n) is 16.9. The summed E-state index contributed by atoms with van der Waals surface area (Å²) in [4.78, 5) is 40.4. The summed E-state index contributed by atoms with van der Waals surface area (Å²) in [5.74, 6) is 0.936. The van der Waals surface area contributed by atoms with Gasteiger partial charge in [0.05, 0.1) is 17.3 Å². The van der Waals surface area contributed by atoms with E-state index >= 15 is 0 Å². The van der Waals surface area contributed by atoms with Gasteiger partial charge in [0.2, 0.25) is 5.91 Å². The van der Waals surface area contributed by atoms with Gasteiger partial charge in [-0.3, -0.25) is 9.59 Å². The molecule has 0 aromatic carbocycles. The van der Waals surface area contributed by atoms with E-state index in [0.29, 0.717) is 17.1 Å². The molecule has 0 spiro atoms. The van der Waals surface area contributed by atoms with Gasteiger partial charge in [-0.1, -0.05) is 0 Å². The van der Waals surface area contributed by atoms with Crippen molar-refractivity contribution in [2.45, 2.75) is 45.1 Å². The van der Waals surface area contributed by atoms with Crippen LogP contribution in [0.4, 0.5) is 0 Å². The molecule has 148 valence electrons. The lowest BCUT2D eigenvalue weighted by molar-refractivity contribution is -0.141. The molecular formula is C20H31N5O2. The van der Waals surface area contributed by atoms with Gasteiger partial charge in [0, 0.05) is 32.8 Å². The van der Waals surface area contributed by atoms with Crippen LogP contribution in [-0.2, 0) is 4.79 Å². The van der Waals surface area contributed by atoms with Crippen molar-refractivity contribution >= 4 is 11.8 Å². The summed E-state index contributed by atoms with van der Waals surface area (Å²) < 4.78 is 0. The summed E-state index contributed by atoms with van der Waals surface area (Å²) in [5.41, 5.74) is 1.20. The van der Waals surface area contributed by atoms with E-state index in [4.69, 9.17) is 0 Å². The van der Waals surface area contributed by atoms with Gasteiger partial charge in [-0.25, -0.2) is 9.97 Å². The van der Waals surface area contributed by atoms with Crippen molar-refractivity contribution in [1.82, 2.24) is 24.7 Å². The van der Waals surface area contributed by atoms with E-state index < -0.39 is 0 Å². The van der Waals surface area contributed by atoms with Crippen molar-refractivity contribution in [3.8, 4) is 0 Å². The standard InChI is InChI=1S/C20H31N5O2/c1-14-16(20(27)23(2)3)13-21-18(22-14)17-7-5-6-10-25(17)19(26)15-8-11-24(4)12-9-15/h13,15,17H,5-12H2,1-4H3/t17-/m0/s1. The van der Waals surface area contributed by atoms with Gasteiger partial charge >= 0.3 is 0 Å². The van der Waals surface area contributed by atoms with Crippen LogP contribution in [0.1, 0.15) is 60.0 Å². The Bertz CT molecular complexity index is 698. The Labute approximate surface area is 161 Å². The topological polar surface area (TPSA) is 69.6 Å². The van der Waals surface area contributed by atoms with Crippen LogP contribution >= 0.6 is 0 Å². The third-order valence-electron chi connectivity index (χ3n) is 5.79. The number of hydrogen-bond donors (Lipinski definition) is 0. The first kappa shape index (κ1) is 19.7. The summed E-state index contributed by atoms with van der Waals surface area (Å²) in [6.45, 7) is 4.57. The van der Waals surface area contributed by atoms with E-state index in [2.05, 4.69) is 21.9 Å². The number of rotatable bonds is 3. The summed E-state index contributed by atoms with van der Waals surface area (Å²) in [7, 11) is 5.55. The fourth-order valence-corrected chi connectivity index (χ4v) is 4.05. The molecule has 27 heavy (non-hydrogen) atoms. The maximum atomic E-state index is 13.2. The first-order valence-corrected chi connectivity index (χ1v) is 9.92. The number of aryl methyl sites for hydroxylation is 1. The van der Waals surface area contributed by atoms with E-state index in [1.807, 2.05) is 11.8 Å². The van der Waals surface area contributed by atoms with Crippen molar-refractivity contribution < 1.29 is 9.59 Å². The highest BCUT2D eigenvalue weighted by molar-refractivity contribution is 5.94. The predicted molar refractivity (Wildman–Crippen MR) is 103 cm³/mol. The molecule has 1 atom stereocenters. The quantitative estimate of drug-likeness (QED) is 0.809. The Hall–Kier alpha value is -2.02. The molecule has 2 amide bonds. The zero-order valence-corrected chi connectivity index (χ0v) is 16.9. The van der Waals surface area contributed by atoms with Crippen molar-refractivity contribution in [3.63, 3.8) is 0 Å². The molecule has 7 nitrogen and oxygen atoms in total. The molecule has 2 saturated heterocycles. The highest BCUT2D eigenvalue weighted by Crippen LogP contribution is 2.32. The molecule has 3 heterocycles. The molecule has 2 aliphatic heterocycles. The molecule has 0 radical (unpaired) electrons. The Kier molecular flexibility index (Phi) is 6.09. The molecule has 0 unspecified atom stereocenters. The van der Waals surface area contributed by atoms with E-state index in [0.717, 1.165) is 51.7 Å². The van der Waals surface area contributed by atoms with Crippen LogP contribution in [0, 0.1) is 12.8 Å². The minimum absolute atomic E-state index is 0.0758. The van der Waals surface area contributed by atoms with Crippen LogP contribution in [0.2, 0.25) is 0 Å². The highest BCUT2D eigenvalue weighted by atomic mass is 16.2. The molecule has 2 fully saturated rings. The van der Waals surface area contributed by atoms with Crippen LogP contribution in [0.25, 0.3) is 0 Å². The molecule has 7 heteroatoms. The molecule has 1 aromatic rings. The SMILES string of the molecule is Cc1nc([C@@H]2CCCCN2C(=O)C2CCN(C)CC2)ncc1C(=O)N(C)C. The van der Waals surface area contributed by atoms with Gasteiger partial charge in [0.15, 0.2) is 5.82 Å². The monoisotopic (exact) mass is 373 g/mol. The van der Waals surface area contributed by atoms with Crippen LogP contribution in [-0.4, -0.2) is 77.3 Å². The Balaban J connectivity index is 1.80. The van der Waals surface area contributed by atoms with Crippen molar-refractivity contribution in [2.24, 2.45) is 5.92 Å². The largest absolute Gasteiger partial charge is 0.345 e. The molecular weight excluding hydrogens is 342 g/mol. The maximum absolute atomic E-state index is 13.2. The minimum atomic E-state index is -0.0954. The normalized spacial score (nSPS) is 21.9. The first-order chi connectivity index (χ1) is 12.9. The van der Waals surface area contributed by atoms with E-state index in [9.17, 15) is 9.59 Å². The number of piperidine rings is 2. The molecule has 0 N–H and O–H groups in total. The van der Waals surface area contributed by atoms with Crippen LogP contribution in [0.3, 0.4) is 0 Å². The highest BCUT2D eigenvalue weighted by Gasteiger charge is 2.35. The van der Waals surface area contributed by atoms with Gasteiger partial charge in [0.1, 0.15) is 0 Å². The third-order valence-corrected chi connectivity index (χ3v) is 5.79. The second-order valence-corrected chi connectivity index (χ2v) is 8.05. The summed E-state index contributed by atoms with van der Waals surface area (Å²) in [5, 5.41) is 0. The lowest BCUT2D eigenvalue weighted by Crippen LogP contribution is -2.45. The lowest BCUT2D eigenvalue weighted by Gasteiger charge is -2.39. The van der Waals surface area contributed by atoms with Gasteiger partial charge in [-0.15, -0.1) is 0 Å². The van der Waals surface area contributed by atoms with E-state index in [-0.39, 0.29) is 23.8 Å². The average Bonchev–Trinajstić information content (AvgIpc) is 2.67. The second-order valence-electron chi connectivity index (χ2n) is 8.05. The van der Waals surface area contributed by atoms with E-state index in [1.165, 1.54) is 4.90 Å². The maximum Gasteiger partial charge on any atom is 0.256 e. The molecule has 2 aliphatic rings. The molecule has 3 rings (SSSR count). The summed E-state index contributed by atoms with van der Waals surface area (Å²) in [6, 6.07) is -0.0758. The fourth-order valence-electron chi connectivity index (χ4n) is 4.05. The number of amides is 2. The van der Waals surface area contributed by atoms with Crippen molar-refractivity contribution in [1.29, 1.82) is 0 Å². The molecule has 1 aromatic heterocycles. The fraction of sp³-hybridized carbons (Fsp3) is 0.700. The number of aromatic nitrogens is 2. The third kappa shape index (κ3) is 4.29. The smallest absolute Gasteiger partial charge is 0.256 e. The molecule has 0 aliphatic carbocycles. The van der Waals surface area contributed by atoms with Gasteiger partial charge in [0.25, 0.3) is 5.91 Å². The van der Waals surface area contributed by atoms with Crippen molar-refractivity contribution in [3.05, 3.63) is 23.3 Å². The number of carbonyl (C=O) groups is 2. The number of likely N-dealkylation sites (tertiary alicyclic amines) is 2. The zero-order chi connectivity index (χ0) is 19.6. The second kappa shape index (κ2) is 8.33. The van der Waals surface area contributed by atoms with Gasteiger partial charge in [-0.05, 0) is 59.2 Å². The van der Waals surface area contributed by atoms with Crippen LogP contribution in [0.15, 0.2) is 6.20 Å². The van der Waals surface area contributed by atoms with Crippen LogP contribution < -0.4 is 0 Å². The molecule has 0 saturated carbocycles. The Morgan fingerprint density at radius 1 is 1.11 bits per heavy atom. The van der Waals surface area contributed by atoms with E-state index in [1.54, 1.807) is 20.3 Å². The van der Waals surface area contributed by atoms with Gasteiger partial charge < -0.3 is 14.7 Å². The van der Waals surface area contributed by atoms with Crippen molar-refractivity contribution in [2.75, 3.05) is 40.8 Å². The van der Waals surface area contributed by atoms with Gasteiger partial charge in [-0.2, -0.15) is 0 Å². The Morgan fingerprint density at radius 3 is 2.44 bits per heavy atom. The first-order valence-electron chi connectivity index (χ1n) is 9.92. The summed E-state index contributed by atoms with van der Waals surface area (Å²) >= 11 is 0.